The molecule has 0 radical (unpaired) electrons. The van der Waals surface area contributed by atoms with Crippen LogP contribution in [0.1, 0.15) is 70.1 Å². The lowest BCUT2D eigenvalue weighted by Gasteiger charge is -2.17. The summed E-state index contributed by atoms with van der Waals surface area (Å²) in [6.45, 7) is 6.30. The predicted molar refractivity (Wildman–Crippen MR) is 65.6 cm³/mol. The Morgan fingerprint density at radius 2 is 2.00 bits per heavy atom. The van der Waals surface area contributed by atoms with Crippen LogP contribution in [0.2, 0.25) is 0 Å². The lowest BCUT2D eigenvalue weighted by molar-refractivity contribution is 0.366. The van der Waals surface area contributed by atoms with Gasteiger partial charge in [-0.15, -0.1) is 16.7 Å². The van der Waals surface area contributed by atoms with Crippen LogP contribution < -0.4 is 0 Å². The molecule has 0 aliphatic heterocycles. The van der Waals surface area contributed by atoms with Crippen molar-refractivity contribution in [2.45, 2.75) is 64.3 Å². The van der Waals surface area contributed by atoms with Gasteiger partial charge in [-0.2, -0.15) is 0 Å². The molecule has 0 amide bonds. The summed E-state index contributed by atoms with van der Waals surface area (Å²) in [5.41, 5.74) is 0. The highest BCUT2D eigenvalue weighted by Crippen LogP contribution is 2.25. The zero-order chi connectivity index (χ0) is 12.0. The third kappa shape index (κ3) is 3.44. The Morgan fingerprint density at radius 1 is 1.25 bits per heavy atom. The summed E-state index contributed by atoms with van der Waals surface area (Å²) < 4.78 is 1.91. The monoisotopic (exact) mass is 244 g/mol. The molecule has 1 rings (SSSR count). The molecule has 16 heavy (non-hydrogen) atoms. The van der Waals surface area contributed by atoms with Gasteiger partial charge in [0.1, 0.15) is 0 Å². The molecule has 5 heteroatoms. The molecule has 2 atom stereocenters. The maximum atomic E-state index is 6.06. The summed E-state index contributed by atoms with van der Waals surface area (Å²) in [5.74, 6) is 0.788. The van der Waals surface area contributed by atoms with E-state index >= 15 is 0 Å². The quantitative estimate of drug-likeness (QED) is 0.690. The van der Waals surface area contributed by atoms with E-state index in [0.717, 1.165) is 25.1 Å². The van der Waals surface area contributed by atoms with Crippen molar-refractivity contribution in [2.75, 3.05) is 0 Å². The van der Waals surface area contributed by atoms with Crippen LogP contribution in [0.5, 0.6) is 0 Å². The first-order chi connectivity index (χ1) is 7.70. The van der Waals surface area contributed by atoms with Crippen LogP contribution in [-0.2, 0) is 0 Å². The summed E-state index contributed by atoms with van der Waals surface area (Å²) >= 11 is 6.06. The molecule has 0 saturated heterocycles. The van der Waals surface area contributed by atoms with Crippen molar-refractivity contribution < 1.29 is 0 Å². The molecule has 0 aliphatic carbocycles. The number of rotatable bonds is 7. The average Bonchev–Trinajstić information content (AvgIpc) is 2.73. The Kier molecular flexibility index (Phi) is 5.74. The Morgan fingerprint density at radius 3 is 2.56 bits per heavy atom. The zero-order valence-electron chi connectivity index (χ0n) is 10.4. The molecule has 0 saturated carbocycles. The minimum atomic E-state index is -0.129. The van der Waals surface area contributed by atoms with E-state index in [0.29, 0.717) is 6.04 Å². The van der Waals surface area contributed by atoms with Crippen LogP contribution in [0.15, 0.2) is 0 Å². The third-order valence-corrected chi connectivity index (χ3v) is 2.93. The van der Waals surface area contributed by atoms with Gasteiger partial charge in [-0.05, 0) is 30.2 Å². The zero-order valence-corrected chi connectivity index (χ0v) is 11.1. The smallest absolute Gasteiger partial charge is 0.169 e. The Hall–Kier alpha value is -0.640. The van der Waals surface area contributed by atoms with Gasteiger partial charge in [0.25, 0.3) is 0 Å². The molecule has 92 valence electrons. The van der Waals surface area contributed by atoms with Gasteiger partial charge in [0.15, 0.2) is 5.82 Å². The van der Waals surface area contributed by atoms with Crippen LogP contribution in [-0.4, -0.2) is 20.2 Å². The number of unbranched alkanes of at least 4 members (excludes halogenated alkanes) is 1. The van der Waals surface area contributed by atoms with Crippen molar-refractivity contribution in [1.82, 2.24) is 20.2 Å². The Balaban J connectivity index is 2.78. The maximum Gasteiger partial charge on any atom is 0.169 e. The summed E-state index contributed by atoms with van der Waals surface area (Å²) in [6, 6.07) is 0.399. The molecule has 1 aromatic heterocycles. The first-order valence-corrected chi connectivity index (χ1v) is 6.56. The van der Waals surface area contributed by atoms with Gasteiger partial charge in [-0.25, -0.2) is 4.68 Å². The molecule has 0 fully saturated rings. The van der Waals surface area contributed by atoms with E-state index in [1.165, 1.54) is 12.8 Å². The lowest BCUT2D eigenvalue weighted by Crippen LogP contribution is -2.14. The average molecular weight is 245 g/mol. The summed E-state index contributed by atoms with van der Waals surface area (Å²) in [7, 11) is 0. The molecular formula is C11H21ClN4. The Bertz CT molecular complexity index is 298. The van der Waals surface area contributed by atoms with Crippen LogP contribution in [0.4, 0.5) is 0 Å². The molecule has 1 aromatic rings. The first-order valence-electron chi connectivity index (χ1n) is 6.12. The fraction of sp³-hybridized carbons (Fsp3) is 0.909. The molecule has 0 aliphatic rings. The minimum absolute atomic E-state index is 0.129. The molecular weight excluding hydrogens is 224 g/mol. The second kappa shape index (κ2) is 6.84. The number of aromatic nitrogens is 4. The first kappa shape index (κ1) is 13.4. The van der Waals surface area contributed by atoms with Gasteiger partial charge < -0.3 is 0 Å². The van der Waals surface area contributed by atoms with E-state index in [9.17, 15) is 0 Å². The lowest BCUT2D eigenvalue weighted by atomic mass is 10.1. The molecule has 0 aromatic carbocycles. The largest absolute Gasteiger partial charge is 0.225 e. The van der Waals surface area contributed by atoms with E-state index < -0.39 is 0 Å². The van der Waals surface area contributed by atoms with Gasteiger partial charge in [0.05, 0.1) is 11.4 Å². The number of tetrazole rings is 1. The van der Waals surface area contributed by atoms with Crippen molar-refractivity contribution in [1.29, 1.82) is 0 Å². The molecule has 2 unspecified atom stereocenters. The van der Waals surface area contributed by atoms with Gasteiger partial charge in [0, 0.05) is 0 Å². The molecule has 1 heterocycles. The van der Waals surface area contributed by atoms with Crippen LogP contribution in [0.25, 0.3) is 0 Å². The van der Waals surface area contributed by atoms with E-state index in [4.69, 9.17) is 11.6 Å². The van der Waals surface area contributed by atoms with Crippen LogP contribution in [0, 0.1) is 0 Å². The number of hydrogen-bond acceptors (Lipinski definition) is 3. The fourth-order valence-corrected chi connectivity index (χ4v) is 2.03. The van der Waals surface area contributed by atoms with Crippen LogP contribution in [0.3, 0.4) is 0 Å². The van der Waals surface area contributed by atoms with Crippen molar-refractivity contribution in [3.63, 3.8) is 0 Å². The number of hydrogen-bond donors (Lipinski definition) is 0. The molecule has 4 nitrogen and oxygen atoms in total. The van der Waals surface area contributed by atoms with Crippen molar-refractivity contribution in [2.24, 2.45) is 0 Å². The second-order valence-corrected chi connectivity index (χ2v) is 4.84. The highest BCUT2D eigenvalue weighted by Gasteiger charge is 2.18. The summed E-state index contributed by atoms with van der Waals surface area (Å²) in [5, 5.41) is 11.7. The SMILES string of the molecule is CCCCC(CCC)n1nnnc1C(C)Cl. The number of nitrogens with zero attached hydrogens (tertiary/aromatic N) is 4. The fourth-order valence-electron chi connectivity index (χ4n) is 1.88. The normalized spacial score (nSPS) is 15.0. The topological polar surface area (TPSA) is 43.6 Å². The van der Waals surface area contributed by atoms with Gasteiger partial charge in [-0.1, -0.05) is 33.1 Å². The van der Waals surface area contributed by atoms with E-state index in [1.54, 1.807) is 0 Å². The predicted octanol–water partition coefficient (Wildman–Crippen LogP) is 3.50. The van der Waals surface area contributed by atoms with Crippen molar-refractivity contribution in [3.05, 3.63) is 5.82 Å². The van der Waals surface area contributed by atoms with E-state index in [1.807, 2.05) is 11.6 Å². The Labute approximate surface area is 102 Å². The van der Waals surface area contributed by atoms with Gasteiger partial charge in [0.2, 0.25) is 0 Å². The van der Waals surface area contributed by atoms with E-state index in [-0.39, 0.29) is 5.38 Å². The number of halogens is 1. The third-order valence-electron chi connectivity index (χ3n) is 2.73. The molecule has 0 N–H and O–H groups in total. The molecule has 0 spiro atoms. The highest BCUT2D eigenvalue weighted by atomic mass is 35.5. The summed E-state index contributed by atoms with van der Waals surface area (Å²) in [4.78, 5) is 0. The highest BCUT2D eigenvalue weighted by molar-refractivity contribution is 6.20. The van der Waals surface area contributed by atoms with Crippen molar-refractivity contribution in [3.8, 4) is 0 Å². The number of alkyl halides is 1. The van der Waals surface area contributed by atoms with Gasteiger partial charge >= 0.3 is 0 Å². The minimum Gasteiger partial charge on any atom is -0.225 e. The van der Waals surface area contributed by atoms with E-state index in [2.05, 4.69) is 29.4 Å². The molecule has 0 bridgehead atoms. The second-order valence-electron chi connectivity index (χ2n) is 4.18. The van der Waals surface area contributed by atoms with Gasteiger partial charge in [-0.3, -0.25) is 0 Å². The van der Waals surface area contributed by atoms with Crippen molar-refractivity contribution >= 4 is 11.6 Å². The summed E-state index contributed by atoms with van der Waals surface area (Å²) in [6.07, 6.45) is 5.80. The maximum absolute atomic E-state index is 6.06. The standard InChI is InChI=1S/C11H21ClN4/c1-4-6-8-10(7-5-2)16-11(9(3)12)13-14-15-16/h9-10H,4-8H2,1-3H3. The van der Waals surface area contributed by atoms with Crippen LogP contribution >= 0.6 is 11.6 Å².